The maximum Gasteiger partial charge on any atom is 0.244 e. The number of thiophene rings is 1. The molecule has 0 atom stereocenters. The number of hydrogen-bond donors (Lipinski definition) is 1. The molecule has 6 nitrogen and oxygen atoms in total. The highest BCUT2D eigenvalue weighted by Crippen LogP contribution is 2.36. The van der Waals surface area contributed by atoms with E-state index in [-0.39, 0.29) is 24.8 Å². The lowest BCUT2D eigenvalue weighted by molar-refractivity contribution is -0.120. The van der Waals surface area contributed by atoms with E-state index in [1.54, 1.807) is 35.6 Å². The predicted octanol–water partition coefficient (Wildman–Crippen LogP) is 5.26. The molecule has 2 aromatic carbocycles. The fourth-order valence-corrected chi connectivity index (χ4v) is 4.27. The molecule has 1 aromatic heterocycles. The summed E-state index contributed by atoms with van der Waals surface area (Å²) in [7, 11) is 0. The van der Waals surface area contributed by atoms with Crippen molar-refractivity contribution in [3.63, 3.8) is 0 Å². The van der Waals surface area contributed by atoms with Gasteiger partial charge in [0.1, 0.15) is 12.3 Å². The zero-order valence-electron chi connectivity index (χ0n) is 18.3. The summed E-state index contributed by atoms with van der Waals surface area (Å²) in [4.78, 5) is 33.4. The van der Waals surface area contributed by atoms with Crippen molar-refractivity contribution in [2.45, 2.75) is 27.2 Å². The van der Waals surface area contributed by atoms with E-state index >= 15 is 0 Å². The van der Waals surface area contributed by atoms with Crippen molar-refractivity contribution in [2.75, 3.05) is 23.4 Å². The zero-order chi connectivity index (χ0) is 22.7. The van der Waals surface area contributed by atoms with Crippen LogP contribution in [0, 0.1) is 13.8 Å². The number of hydrogen-bond acceptors (Lipinski definition) is 5. The molecule has 2 amide bonds. The van der Waals surface area contributed by atoms with Crippen molar-refractivity contribution in [1.82, 2.24) is 0 Å². The highest BCUT2D eigenvalue weighted by Gasteiger charge is 2.27. The normalized spacial score (nSPS) is 13.3. The molecule has 0 saturated carbocycles. The number of carbonyl (C=O) groups is 2. The van der Waals surface area contributed by atoms with Crippen molar-refractivity contribution in [3.05, 3.63) is 69.9 Å². The van der Waals surface area contributed by atoms with Gasteiger partial charge in [-0.15, -0.1) is 11.3 Å². The first-order valence-electron chi connectivity index (χ1n) is 10.5. The highest BCUT2D eigenvalue weighted by molar-refractivity contribution is 7.12. The van der Waals surface area contributed by atoms with Gasteiger partial charge in [0.15, 0.2) is 0 Å². The maximum atomic E-state index is 13.2. The van der Waals surface area contributed by atoms with Gasteiger partial charge < -0.3 is 15.0 Å². The highest BCUT2D eigenvalue weighted by atomic mass is 32.1. The van der Waals surface area contributed by atoms with Gasteiger partial charge in [0.05, 0.1) is 30.1 Å². The molecule has 1 aliphatic rings. The third-order valence-electron chi connectivity index (χ3n) is 5.31. The van der Waals surface area contributed by atoms with E-state index in [9.17, 15) is 9.59 Å². The summed E-state index contributed by atoms with van der Waals surface area (Å²) in [6, 6.07) is 15.0. The van der Waals surface area contributed by atoms with E-state index < -0.39 is 0 Å². The van der Waals surface area contributed by atoms with Gasteiger partial charge >= 0.3 is 0 Å². The molecular formula is C25H25N3O3S. The largest absolute Gasteiger partial charge is 0.494 e. The van der Waals surface area contributed by atoms with Gasteiger partial charge in [-0.3, -0.25) is 9.59 Å². The summed E-state index contributed by atoms with van der Waals surface area (Å²) in [6.07, 6.45) is 0.142. The van der Waals surface area contributed by atoms with Gasteiger partial charge in [0.25, 0.3) is 0 Å². The Bertz CT molecular complexity index is 1170. The fourth-order valence-electron chi connectivity index (χ4n) is 3.55. The second-order valence-corrected chi connectivity index (χ2v) is 8.57. The number of aliphatic imine (C=N–C) groups is 1. The van der Waals surface area contributed by atoms with Gasteiger partial charge in [-0.2, -0.15) is 0 Å². The Morgan fingerprint density at radius 1 is 1.16 bits per heavy atom. The molecule has 1 N–H and O–H groups in total. The van der Waals surface area contributed by atoms with Gasteiger partial charge in [-0.05, 0) is 79.7 Å². The molecule has 0 bridgehead atoms. The molecule has 0 fully saturated rings. The number of benzene rings is 2. The third-order valence-corrected chi connectivity index (χ3v) is 6.23. The Kier molecular flexibility index (Phi) is 6.37. The standard InChI is InChI=1S/C25H25N3O3S/c1-4-31-19-9-7-18(8-10-19)26-24(29)15-28-22-13-17(3)16(2)12-20(22)27-21(14-25(28)30)23-6-5-11-32-23/h5-13H,4,14-15H2,1-3H3,(H,26,29). The lowest BCUT2D eigenvalue weighted by atomic mass is 10.1. The quantitative estimate of drug-likeness (QED) is 0.560. The average molecular weight is 448 g/mol. The van der Waals surface area contributed by atoms with Crippen molar-refractivity contribution >= 4 is 45.9 Å². The van der Waals surface area contributed by atoms with Crippen LogP contribution in [0.4, 0.5) is 17.1 Å². The van der Waals surface area contributed by atoms with Crippen LogP contribution in [0.25, 0.3) is 0 Å². The SMILES string of the molecule is CCOc1ccc(NC(=O)CN2C(=O)CC(c3cccs3)=Nc3cc(C)c(C)cc32)cc1. The molecule has 3 aromatic rings. The Hall–Kier alpha value is -3.45. The molecule has 0 saturated heterocycles. The van der Waals surface area contributed by atoms with E-state index in [1.807, 2.05) is 50.4 Å². The van der Waals surface area contributed by atoms with Crippen molar-refractivity contribution in [1.29, 1.82) is 0 Å². The van der Waals surface area contributed by atoms with Gasteiger partial charge in [-0.1, -0.05) is 6.07 Å². The molecular weight excluding hydrogens is 422 g/mol. The molecule has 4 rings (SSSR count). The molecule has 0 radical (unpaired) electrons. The second-order valence-electron chi connectivity index (χ2n) is 7.62. The van der Waals surface area contributed by atoms with Crippen molar-refractivity contribution in [2.24, 2.45) is 4.99 Å². The van der Waals surface area contributed by atoms with Crippen molar-refractivity contribution < 1.29 is 14.3 Å². The molecule has 1 aliphatic heterocycles. The summed E-state index contributed by atoms with van der Waals surface area (Å²) >= 11 is 1.55. The molecule has 164 valence electrons. The Labute approximate surface area is 191 Å². The van der Waals surface area contributed by atoms with E-state index in [0.29, 0.717) is 23.7 Å². The first-order chi connectivity index (χ1) is 15.4. The van der Waals surface area contributed by atoms with Crippen LogP contribution in [0.3, 0.4) is 0 Å². The van der Waals surface area contributed by atoms with E-state index in [4.69, 9.17) is 9.73 Å². The van der Waals surface area contributed by atoms with Crippen LogP contribution >= 0.6 is 11.3 Å². The minimum atomic E-state index is -0.272. The molecule has 0 unspecified atom stereocenters. The number of rotatable bonds is 6. The number of nitrogens with one attached hydrogen (secondary N) is 1. The van der Waals surface area contributed by atoms with E-state index in [0.717, 1.165) is 27.5 Å². The van der Waals surface area contributed by atoms with Crippen LogP contribution < -0.4 is 15.0 Å². The molecule has 2 heterocycles. The van der Waals surface area contributed by atoms with Gasteiger partial charge in [0.2, 0.25) is 11.8 Å². The van der Waals surface area contributed by atoms with Crippen LogP contribution in [0.2, 0.25) is 0 Å². The molecule has 7 heteroatoms. The fraction of sp³-hybridized carbons (Fsp3) is 0.240. The third kappa shape index (κ3) is 4.73. The van der Waals surface area contributed by atoms with Gasteiger partial charge in [0, 0.05) is 10.6 Å². The summed E-state index contributed by atoms with van der Waals surface area (Å²) in [5.74, 6) is 0.318. The van der Waals surface area contributed by atoms with E-state index in [2.05, 4.69) is 5.32 Å². The Morgan fingerprint density at radius 2 is 1.91 bits per heavy atom. The first kappa shape index (κ1) is 21.8. The number of fused-ring (bicyclic) bond motifs is 1. The number of carbonyl (C=O) groups excluding carboxylic acids is 2. The number of aryl methyl sites for hydroxylation is 2. The molecule has 32 heavy (non-hydrogen) atoms. The van der Waals surface area contributed by atoms with Crippen LogP contribution in [-0.2, 0) is 9.59 Å². The lowest BCUT2D eigenvalue weighted by Crippen LogP contribution is -2.38. The predicted molar refractivity (Wildman–Crippen MR) is 130 cm³/mol. The summed E-state index contributed by atoms with van der Waals surface area (Å²) in [5, 5.41) is 4.84. The van der Waals surface area contributed by atoms with E-state index in [1.165, 1.54) is 4.90 Å². The van der Waals surface area contributed by atoms with Gasteiger partial charge in [-0.25, -0.2) is 4.99 Å². The Morgan fingerprint density at radius 3 is 2.59 bits per heavy atom. The lowest BCUT2D eigenvalue weighted by Gasteiger charge is -2.23. The molecule has 0 spiro atoms. The summed E-state index contributed by atoms with van der Waals surface area (Å²) in [5.41, 5.74) is 4.87. The number of ether oxygens (including phenoxy) is 1. The average Bonchev–Trinajstić information content (AvgIpc) is 3.27. The molecule has 0 aliphatic carbocycles. The number of nitrogens with zero attached hydrogens (tertiary/aromatic N) is 2. The Balaban J connectivity index is 1.60. The minimum absolute atomic E-state index is 0.0885. The first-order valence-corrected chi connectivity index (χ1v) is 11.4. The second kappa shape index (κ2) is 9.36. The summed E-state index contributed by atoms with van der Waals surface area (Å²) in [6.45, 7) is 6.42. The summed E-state index contributed by atoms with van der Waals surface area (Å²) < 4.78 is 5.44. The van der Waals surface area contributed by atoms with Crippen LogP contribution in [-0.4, -0.2) is 30.7 Å². The maximum absolute atomic E-state index is 13.2. The van der Waals surface area contributed by atoms with Crippen LogP contribution in [0.5, 0.6) is 5.75 Å². The minimum Gasteiger partial charge on any atom is -0.494 e. The van der Waals surface area contributed by atoms with Crippen LogP contribution in [0.15, 0.2) is 58.9 Å². The van der Waals surface area contributed by atoms with Crippen molar-refractivity contribution in [3.8, 4) is 5.75 Å². The number of amides is 2. The smallest absolute Gasteiger partial charge is 0.244 e. The van der Waals surface area contributed by atoms with Crippen LogP contribution in [0.1, 0.15) is 29.3 Å². The monoisotopic (exact) mass is 447 g/mol. The number of anilines is 2. The topological polar surface area (TPSA) is 71.0 Å². The zero-order valence-corrected chi connectivity index (χ0v) is 19.2.